The van der Waals surface area contributed by atoms with Gasteiger partial charge < -0.3 is 15.4 Å². The van der Waals surface area contributed by atoms with Gasteiger partial charge >= 0.3 is 5.97 Å². The van der Waals surface area contributed by atoms with Gasteiger partial charge in [-0.1, -0.05) is 12.1 Å². The number of fused-ring (bicyclic) bond motifs is 1. The van der Waals surface area contributed by atoms with Crippen LogP contribution in [0.15, 0.2) is 24.3 Å². The topological polar surface area (TPSA) is 95.1 Å². The van der Waals surface area contributed by atoms with Crippen LogP contribution in [-0.4, -0.2) is 27.0 Å². The fourth-order valence-electron chi connectivity index (χ4n) is 3.02. The van der Waals surface area contributed by atoms with Crippen molar-refractivity contribution in [2.24, 2.45) is 11.8 Å². The number of benzene rings is 1. The molecule has 0 radical (unpaired) electrons. The van der Waals surface area contributed by atoms with E-state index in [0.717, 1.165) is 11.0 Å². The van der Waals surface area contributed by atoms with E-state index in [1.54, 1.807) is 0 Å². The van der Waals surface area contributed by atoms with Crippen molar-refractivity contribution in [2.75, 3.05) is 0 Å². The molecular weight excluding hydrogens is 282 g/mol. The van der Waals surface area contributed by atoms with Crippen molar-refractivity contribution >= 4 is 22.9 Å². The predicted octanol–water partition coefficient (Wildman–Crippen LogP) is 2.24. The van der Waals surface area contributed by atoms with Gasteiger partial charge in [0.15, 0.2) is 0 Å². The highest BCUT2D eigenvalue weighted by Crippen LogP contribution is 2.31. The van der Waals surface area contributed by atoms with Crippen LogP contribution in [0.5, 0.6) is 0 Å². The third-order valence-corrected chi connectivity index (χ3v) is 4.33. The number of nitrogens with one attached hydrogen (secondary N) is 2. The number of carbonyl (C=O) groups excluding carboxylic acids is 1. The molecule has 22 heavy (non-hydrogen) atoms. The molecule has 3 rings (SSSR count). The molecule has 1 saturated carbocycles. The lowest BCUT2D eigenvalue weighted by molar-refractivity contribution is -0.141. The lowest BCUT2D eigenvalue weighted by atomic mass is 10.0. The Morgan fingerprint density at radius 1 is 1.32 bits per heavy atom. The average molecular weight is 301 g/mol. The monoisotopic (exact) mass is 301 g/mol. The molecule has 1 aliphatic rings. The number of hydrogen-bond donors (Lipinski definition) is 3. The molecule has 3 N–H and O–H groups in total. The molecular formula is C16H19N3O3. The van der Waals surface area contributed by atoms with Crippen molar-refractivity contribution in [3.63, 3.8) is 0 Å². The number of hydrogen-bond acceptors (Lipinski definition) is 3. The third-order valence-electron chi connectivity index (χ3n) is 4.33. The van der Waals surface area contributed by atoms with Gasteiger partial charge in [0.25, 0.3) is 0 Å². The molecule has 6 nitrogen and oxygen atoms in total. The van der Waals surface area contributed by atoms with Crippen LogP contribution >= 0.6 is 0 Å². The van der Waals surface area contributed by atoms with Crippen molar-refractivity contribution < 1.29 is 14.7 Å². The highest BCUT2D eigenvalue weighted by atomic mass is 16.4. The van der Waals surface area contributed by atoms with Gasteiger partial charge in [0.2, 0.25) is 5.91 Å². The Kier molecular flexibility index (Phi) is 3.83. The van der Waals surface area contributed by atoms with Crippen LogP contribution in [0.2, 0.25) is 0 Å². The molecule has 1 aromatic heterocycles. The summed E-state index contributed by atoms with van der Waals surface area (Å²) in [5.41, 5.74) is 1.80. The highest BCUT2D eigenvalue weighted by molar-refractivity contribution is 5.81. The lowest BCUT2D eigenvalue weighted by Gasteiger charge is -2.15. The largest absolute Gasteiger partial charge is 0.481 e. The van der Waals surface area contributed by atoms with E-state index in [9.17, 15) is 9.59 Å². The zero-order valence-corrected chi connectivity index (χ0v) is 12.4. The lowest BCUT2D eigenvalue weighted by Crippen LogP contribution is -2.32. The molecule has 116 valence electrons. The fraction of sp³-hybridized carbons (Fsp3) is 0.438. The highest BCUT2D eigenvalue weighted by Gasteiger charge is 2.34. The molecule has 6 heteroatoms. The van der Waals surface area contributed by atoms with E-state index in [1.807, 2.05) is 31.2 Å². The summed E-state index contributed by atoms with van der Waals surface area (Å²) in [6, 6.07) is 7.47. The number of rotatable bonds is 4. The summed E-state index contributed by atoms with van der Waals surface area (Å²) in [6.45, 7) is 1.87. The summed E-state index contributed by atoms with van der Waals surface area (Å²) in [7, 11) is 0. The van der Waals surface area contributed by atoms with E-state index >= 15 is 0 Å². The molecule has 1 fully saturated rings. The first kappa shape index (κ1) is 14.6. The molecule has 2 aromatic rings. The Hall–Kier alpha value is -2.37. The van der Waals surface area contributed by atoms with Crippen LogP contribution in [0.4, 0.5) is 0 Å². The molecule has 1 unspecified atom stereocenters. The van der Waals surface area contributed by atoms with Crippen LogP contribution in [0.3, 0.4) is 0 Å². The van der Waals surface area contributed by atoms with Gasteiger partial charge in [-0.2, -0.15) is 0 Å². The van der Waals surface area contributed by atoms with Crippen LogP contribution in [-0.2, 0) is 9.59 Å². The van der Waals surface area contributed by atoms with Gasteiger partial charge in [0, 0.05) is 5.92 Å². The molecule has 0 saturated heterocycles. The summed E-state index contributed by atoms with van der Waals surface area (Å²) in [5.74, 6) is -0.787. The van der Waals surface area contributed by atoms with E-state index in [2.05, 4.69) is 15.3 Å². The number of H-pyrrole nitrogens is 1. The van der Waals surface area contributed by atoms with Crippen molar-refractivity contribution in [3.05, 3.63) is 30.1 Å². The summed E-state index contributed by atoms with van der Waals surface area (Å²) in [4.78, 5) is 30.9. The van der Waals surface area contributed by atoms with E-state index in [0.29, 0.717) is 25.1 Å². The maximum absolute atomic E-state index is 12.3. The molecule has 0 bridgehead atoms. The summed E-state index contributed by atoms with van der Waals surface area (Å²) in [6.07, 6.45) is 1.64. The maximum atomic E-state index is 12.3. The number of carbonyl (C=O) groups is 2. The number of para-hydroxylation sites is 2. The van der Waals surface area contributed by atoms with Gasteiger partial charge in [-0.25, -0.2) is 4.98 Å². The molecule has 3 atom stereocenters. The minimum Gasteiger partial charge on any atom is -0.481 e. The Labute approximate surface area is 127 Å². The number of carboxylic acids is 1. The minimum atomic E-state index is -0.805. The van der Waals surface area contributed by atoms with Gasteiger partial charge in [0.1, 0.15) is 5.82 Å². The number of aromatic amines is 1. The van der Waals surface area contributed by atoms with E-state index < -0.39 is 11.9 Å². The normalized spacial score (nSPS) is 22.6. The quantitative estimate of drug-likeness (QED) is 0.807. The molecule has 0 spiro atoms. The second-order valence-electron chi connectivity index (χ2n) is 5.91. The zero-order chi connectivity index (χ0) is 15.7. The summed E-state index contributed by atoms with van der Waals surface area (Å²) < 4.78 is 0. The zero-order valence-electron chi connectivity index (χ0n) is 12.4. The SMILES string of the molecule is CC(NC(=O)[C@@H]1CC[C@H](C(=O)O)C1)c1nc2ccccc2[nH]1. The number of nitrogens with zero attached hydrogens (tertiary/aromatic N) is 1. The van der Waals surface area contributed by atoms with Gasteiger partial charge in [-0.15, -0.1) is 0 Å². The summed E-state index contributed by atoms with van der Waals surface area (Å²) >= 11 is 0. The smallest absolute Gasteiger partial charge is 0.306 e. The van der Waals surface area contributed by atoms with E-state index in [1.165, 1.54) is 0 Å². The molecule has 0 aliphatic heterocycles. The van der Waals surface area contributed by atoms with Crippen molar-refractivity contribution in [1.29, 1.82) is 0 Å². The number of imidazole rings is 1. The molecule has 1 heterocycles. The molecule has 1 aromatic carbocycles. The van der Waals surface area contributed by atoms with Crippen molar-refractivity contribution in [3.8, 4) is 0 Å². The second kappa shape index (κ2) is 5.79. The third kappa shape index (κ3) is 2.81. The standard InChI is InChI=1S/C16H19N3O3/c1-9(14-18-12-4-2-3-5-13(12)19-14)17-15(20)10-6-7-11(8-10)16(21)22/h2-5,9-11H,6-8H2,1H3,(H,17,20)(H,18,19)(H,21,22)/t9?,10-,11+/m1/s1. The van der Waals surface area contributed by atoms with Gasteiger partial charge in [0.05, 0.1) is 23.0 Å². The Morgan fingerprint density at radius 3 is 2.73 bits per heavy atom. The first-order chi connectivity index (χ1) is 10.5. The fourth-order valence-corrected chi connectivity index (χ4v) is 3.02. The number of aliphatic carboxylic acids is 1. The maximum Gasteiger partial charge on any atom is 0.306 e. The van der Waals surface area contributed by atoms with Gasteiger partial charge in [-0.05, 0) is 38.3 Å². The molecule has 1 amide bonds. The van der Waals surface area contributed by atoms with Crippen LogP contribution < -0.4 is 5.32 Å². The average Bonchev–Trinajstić information content (AvgIpc) is 3.14. The van der Waals surface area contributed by atoms with Crippen molar-refractivity contribution in [2.45, 2.75) is 32.2 Å². The van der Waals surface area contributed by atoms with Crippen LogP contribution in [0.1, 0.15) is 38.1 Å². The predicted molar refractivity (Wildman–Crippen MR) is 81.1 cm³/mol. The Balaban J connectivity index is 1.65. The van der Waals surface area contributed by atoms with Crippen LogP contribution in [0, 0.1) is 11.8 Å². The first-order valence-electron chi connectivity index (χ1n) is 7.52. The second-order valence-corrected chi connectivity index (χ2v) is 5.91. The summed E-state index contributed by atoms with van der Waals surface area (Å²) in [5, 5.41) is 11.9. The minimum absolute atomic E-state index is 0.0864. The molecule has 1 aliphatic carbocycles. The number of aromatic nitrogens is 2. The van der Waals surface area contributed by atoms with Crippen molar-refractivity contribution in [1.82, 2.24) is 15.3 Å². The number of carboxylic acid groups (broad SMARTS) is 1. The van der Waals surface area contributed by atoms with Gasteiger partial charge in [-0.3, -0.25) is 9.59 Å². The van der Waals surface area contributed by atoms with Crippen LogP contribution in [0.25, 0.3) is 11.0 Å². The Bertz CT molecular complexity index is 676. The first-order valence-corrected chi connectivity index (χ1v) is 7.52. The van der Waals surface area contributed by atoms with E-state index in [4.69, 9.17) is 5.11 Å². The Morgan fingerprint density at radius 2 is 2.05 bits per heavy atom. The number of amides is 1. The van der Waals surface area contributed by atoms with E-state index in [-0.39, 0.29) is 17.9 Å².